The third-order valence-electron chi connectivity index (χ3n) is 11.6. The molecule has 2 aromatic carbocycles. The molecule has 0 saturated carbocycles. The van der Waals surface area contributed by atoms with Crippen LogP contribution in [0.15, 0.2) is 122 Å². The lowest BCUT2D eigenvalue weighted by atomic mass is 10.1. The number of nitrogen functional groups attached to an aromatic ring is 1. The van der Waals surface area contributed by atoms with Crippen molar-refractivity contribution >= 4 is 62.5 Å². The van der Waals surface area contributed by atoms with Crippen LogP contribution in [0.4, 0.5) is 39.2 Å². The maximum absolute atomic E-state index is 13.6. The van der Waals surface area contributed by atoms with Gasteiger partial charge in [-0.1, -0.05) is 12.1 Å². The number of carbonyl (C=O) groups excluding carboxylic acids is 1. The first kappa shape index (κ1) is 38.4. The third kappa shape index (κ3) is 7.59. The lowest BCUT2D eigenvalue weighted by Gasteiger charge is -2.36. The number of amides is 2. The van der Waals surface area contributed by atoms with E-state index in [1.54, 1.807) is 31.0 Å². The van der Waals surface area contributed by atoms with Crippen molar-refractivity contribution in [3.63, 3.8) is 0 Å². The third-order valence-corrected chi connectivity index (χ3v) is 11.6. The van der Waals surface area contributed by atoms with Crippen LogP contribution < -0.4 is 31.1 Å². The summed E-state index contributed by atoms with van der Waals surface area (Å²) in [5.41, 5.74) is 18.1. The molecule has 4 bridgehead atoms. The molecule has 10 heterocycles. The van der Waals surface area contributed by atoms with E-state index in [9.17, 15) is 4.79 Å². The van der Waals surface area contributed by atoms with Crippen LogP contribution in [0.25, 0.3) is 44.6 Å². The summed E-state index contributed by atoms with van der Waals surface area (Å²) in [6.45, 7) is 7.94. The standard InChI is InChI=1S/C24H21N7O.C15H16N4.C8H7N3/c1-15-13-16(7-9-25-15)18-5-6-21-23(28-18)31(17-8-12-30(21)14-17)24(32)29-20-4-2-3-19-22(20)27-11-10-26-19;1-10-8-11(4-6-16-10)13-2-3-14-15(18-13)17-12-5-7-19(14)9-12;9-6-2-1-3-7-8(6)11-5-4-10-7/h2-7,9-11,13,17H,8,12,14H2,1H3,(H,29,32);2-4,6,8,12H,5,7,9H2,1H3,(H,17,18);1-5H,9H2/t17-;12-;/m00./s1. The highest BCUT2D eigenvalue weighted by Gasteiger charge is 2.40. The summed E-state index contributed by atoms with van der Waals surface area (Å²) in [5, 5.41) is 6.61. The number of nitrogens with one attached hydrogen (secondary N) is 2. The van der Waals surface area contributed by atoms with E-state index in [4.69, 9.17) is 15.7 Å². The van der Waals surface area contributed by atoms with Gasteiger partial charge in [0.05, 0.1) is 51.2 Å². The molecule has 4 aliphatic heterocycles. The largest absolute Gasteiger partial charge is 0.397 e. The minimum atomic E-state index is -0.202. The molecule has 4 aliphatic rings. The smallest absolute Gasteiger partial charge is 0.327 e. The van der Waals surface area contributed by atoms with Crippen molar-refractivity contribution in [1.29, 1.82) is 0 Å². The van der Waals surface area contributed by atoms with E-state index in [-0.39, 0.29) is 12.1 Å². The first-order chi connectivity index (χ1) is 30.3. The van der Waals surface area contributed by atoms with E-state index in [2.05, 4.69) is 74.6 Å². The van der Waals surface area contributed by atoms with Crippen LogP contribution >= 0.6 is 0 Å². The van der Waals surface area contributed by atoms with E-state index in [1.807, 2.05) is 85.6 Å². The van der Waals surface area contributed by atoms with E-state index >= 15 is 0 Å². The van der Waals surface area contributed by atoms with Gasteiger partial charge in [0.25, 0.3) is 0 Å². The summed E-state index contributed by atoms with van der Waals surface area (Å²) in [4.78, 5) is 55.3. The minimum Gasteiger partial charge on any atom is -0.397 e. The molecule has 15 heteroatoms. The van der Waals surface area contributed by atoms with Crippen LogP contribution in [0.2, 0.25) is 0 Å². The number of hydrogen-bond acceptors (Lipinski definition) is 13. The zero-order chi connectivity index (χ0) is 42.2. The lowest BCUT2D eigenvalue weighted by molar-refractivity contribution is 0.255. The molecule has 2 atom stereocenters. The average Bonchev–Trinajstić information content (AvgIpc) is 3.90. The maximum atomic E-state index is 13.6. The molecule has 2 saturated heterocycles. The Kier molecular flexibility index (Phi) is 10.1. The summed E-state index contributed by atoms with van der Waals surface area (Å²) in [6.07, 6.45) is 12.3. The number of aryl methyl sites for hydroxylation is 2. The molecule has 2 amide bonds. The van der Waals surface area contributed by atoms with Gasteiger partial charge in [-0.05, 0) is 99.5 Å². The Morgan fingerprint density at radius 3 is 2.02 bits per heavy atom. The number of nitrogens with zero attached hydrogens (tertiary/aromatic N) is 11. The Morgan fingerprint density at radius 2 is 1.29 bits per heavy atom. The minimum absolute atomic E-state index is 0.0745. The normalized spacial score (nSPS) is 16.6. The number of carbonyl (C=O) groups is 1. The Labute approximate surface area is 358 Å². The summed E-state index contributed by atoms with van der Waals surface area (Å²) >= 11 is 0. The molecule has 62 heavy (non-hydrogen) atoms. The number of para-hydroxylation sites is 2. The summed E-state index contributed by atoms with van der Waals surface area (Å²) in [7, 11) is 0. The second-order valence-electron chi connectivity index (χ2n) is 15.7. The Bertz CT molecular complexity index is 2950. The number of fused-ring (bicyclic) bond motifs is 10. The van der Waals surface area contributed by atoms with Crippen LogP contribution in [0.3, 0.4) is 0 Å². The highest BCUT2D eigenvalue weighted by atomic mass is 16.2. The van der Waals surface area contributed by atoms with E-state index < -0.39 is 0 Å². The molecule has 8 aromatic rings. The number of hydrogen-bond donors (Lipinski definition) is 3. The van der Waals surface area contributed by atoms with Crippen molar-refractivity contribution in [3.8, 4) is 22.5 Å². The molecular formula is C47H44N14O. The average molecular weight is 821 g/mol. The van der Waals surface area contributed by atoms with Crippen LogP contribution in [0.1, 0.15) is 24.2 Å². The van der Waals surface area contributed by atoms with Gasteiger partial charge in [0.2, 0.25) is 0 Å². The molecule has 308 valence electrons. The molecule has 12 rings (SSSR count). The zero-order valence-electron chi connectivity index (χ0n) is 34.3. The van der Waals surface area contributed by atoms with Crippen molar-refractivity contribution in [2.24, 2.45) is 0 Å². The van der Waals surface area contributed by atoms with Gasteiger partial charge in [-0.3, -0.25) is 34.8 Å². The van der Waals surface area contributed by atoms with Crippen molar-refractivity contribution in [1.82, 2.24) is 39.9 Å². The highest BCUT2D eigenvalue weighted by molar-refractivity contribution is 6.08. The number of rotatable bonds is 3. The fourth-order valence-electron chi connectivity index (χ4n) is 8.59. The predicted octanol–water partition coefficient (Wildman–Crippen LogP) is 7.69. The number of aromatic nitrogens is 8. The first-order valence-electron chi connectivity index (χ1n) is 20.7. The maximum Gasteiger partial charge on any atom is 0.327 e. The number of benzene rings is 2. The molecule has 15 nitrogen and oxygen atoms in total. The van der Waals surface area contributed by atoms with Gasteiger partial charge in [-0.2, -0.15) is 0 Å². The monoisotopic (exact) mass is 820 g/mol. The fourth-order valence-corrected chi connectivity index (χ4v) is 8.59. The van der Waals surface area contributed by atoms with E-state index in [0.29, 0.717) is 28.8 Å². The van der Waals surface area contributed by atoms with Gasteiger partial charge in [-0.15, -0.1) is 0 Å². The molecule has 0 radical (unpaired) electrons. The fraction of sp³-hybridized carbons (Fsp3) is 0.213. The van der Waals surface area contributed by atoms with E-state index in [1.165, 1.54) is 12.1 Å². The lowest BCUT2D eigenvalue weighted by Crippen LogP contribution is -2.48. The molecule has 6 aromatic heterocycles. The summed E-state index contributed by atoms with van der Waals surface area (Å²) in [6, 6.07) is 28.0. The number of nitrogens with two attached hydrogens (primary N) is 1. The second-order valence-corrected chi connectivity index (χ2v) is 15.7. The van der Waals surface area contributed by atoms with Crippen LogP contribution in [-0.4, -0.2) is 84.2 Å². The molecular weight excluding hydrogens is 777 g/mol. The second kappa shape index (κ2) is 16.3. The van der Waals surface area contributed by atoms with Gasteiger partial charge in [0.15, 0.2) is 11.6 Å². The van der Waals surface area contributed by atoms with Crippen LogP contribution in [-0.2, 0) is 0 Å². The highest BCUT2D eigenvalue weighted by Crippen LogP contribution is 2.41. The quantitative estimate of drug-likeness (QED) is 0.148. The Balaban J connectivity index is 0.000000128. The van der Waals surface area contributed by atoms with Crippen LogP contribution in [0, 0.1) is 13.8 Å². The SMILES string of the molecule is Cc1cc(-c2ccc3c(n2)N(C(=O)Nc2cccc4nccnc24)[C@H]2CCN3C2)ccn1.Cc1cc(-c2ccc3c(n2)N[C@H]2CCN3C2)ccn1.Nc1cccc2nccnc12. The zero-order valence-corrected chi connectivity index (χ0v) is 34.3. The van der Waals surface area contributed by atoms with Gasteiger partial charge in [0.1, 0.15) is 11.0 Å². The number of pyridine rings is 4. The van der Waals surface area contributed by atoms with Gasteiger partial charge >= 0.3 is 6.03 Å². The van der Waals surface area contributed by atoms with Crippen LogP contribution in [0.5, 0.6) is 0 Å². The van der Waals surface area contributed by atoms with Crippen molar-refractivity contribution < 1.29 is 4.79 Å². The van der Waals surface area contributed by atoms with Crippen molar-refractivity contribution in [2.45, 2.75) is 38.8 Å². The van der Waals surface area contributed by atoms with Gasteiger partial charge in [0, 0.05) is 91.9 Å². The number of urea groups is 1. The van der Waals surface area contributed by atoms with Crippen molar-refractivity contribution in [2.75, 3.05) is 57.2 Å². The molecule has 4 N–H and O–H groups in total. The van der Waals surface area contributed by atoms with Gasteiger partial charge in [-0.25, -0.2) is 14.8 Å². The summed E-state index contributed by atoms with van der Waals surface area (Å²) in [5.74, 6) is 1.72. The molecule has 2 fully saturated rings. The van der Waals surface area contributed by atoms with E-state index in [0.717, 1.165) is 94.6 Å². The first-order valence-corrected chi connectivity index (χ1v) is 20.7. The Morgan fingerprint density at radius 1 is 0.661 bits per heavy atom. The molecule has 0 aliphatic carbocycles. The summed E-state index contributed by atoms with van der Waals surface area (Å²) < 4.78 is 0. The molecule has 0 unspecified atom stereocenters. The molecule has 0 spiro atoms. The van der Waals surface area contributed by atoms with Crippen molar-refractivity contribution in [3.05, 3.63) is 133 Å². The Hall–Kier alpha value is -7.81. The predicted molar refractivity (Wildman–Crippen MR) is 244 cm³/mol. The number of anilines is 6. The topological polar surface area (TPSA) is 180 Å². The van der Waals surface area contributed by atoms with Gasteiger partial charge < -0.3 is 26.2 Å².